The van der Waals surface area contributed by atoms with Gasteiger partial charge in [0.05, 0.1) is 12.7 Å². The van der Waals surface area contributed by atoms with E-state index in [1.165, 1.54) is 0 Å². The Hall–Kier alpha value is -1.06. The minimum absolute atomic E-state index is 0.103. The molecule has 3 nitrogen and oxygen atoms in total. The van der Waals surface area contributed by atoms with Gasteiger partial charge in [0.1, 0.15) is 5.75 Å². The second-order valence-electron chi connectivity index (χ2n) is 5.56. The molecule has 0 aliphatic heterocycles. The van der Waals surface area contributed by atoms with E-state index in [-0.39, 0.29) is 5.54 Å². The van der Waals surface area contributed by atoms with Gasteiger partial charge in [-0.1, -0.05) is 19.1 Å². The van der Waals surface area contributed by atoms with E-state index < -0.39 is 6.10 Å². The van der Waals surface area contributed by atoms with Crippen molar-refractivity contribution in [3.63, 3.8) is 0 Å². The third-order valence-electron chi connectivity index (χ3n) is 3.92. The Morgan fingerprint density at radius 2 is 1.79 bits per heavy atom. The SMILES string of the molecule is CCOc1ccc(C(O)CN(C)C(C)(C)CC)cc1. The van der Waals surface area contributed by atoms with Crippen LogP contribution in [0.2, 0.25) is 0 Å². The Morgan fingerprint density at radius 3 is 2.26 bits per heavy atom. The maximum Gasteiger partial charge on any atom is 0.119 e. The second kappa shape index (κ2) is 6.92. The maximum atomic E-state index is 10.3. The van der Waals surface area contributed by atoms with Crippen LogP contribution >= 0.6 is 0 Å². The second-order valence-corrected chi connectivity index (χ2v) is 5.56. The lowest BCUT2D eigenvalue weighted by molar-refractivity contribution is 0.0686. The number of hydrogen-bond acceptors (Lipinski definition) is 3. The van der Waals surface area contributed by atoms with Crippen molar-refractivity contribution in [1.29, 1.82) is 0 Å². The number of aliphatic hydroxyl groups is 1. The molecule has 1 N–H and O–H groups in total. The van der Waals surface area contributed by atoms with Gasteiger partial charge in [0.25, 0.3) is 0 Å². The molecule has 0 radical (unpaired) electrons. The van der Waals surface area contributed by atoms with Gasteiger partial charge in [0, 0.05) is 12.1 Å². The normalized spacial score (nSPS) is 13.6. The summed E-state index contributed by atoms with van der Waals surface area (Å²) < 4.78 is 5.40. The van der Waals surface area contributed by atoms with Gasteiger partial charge in [-0.15, -0.1) is 0 Å². The molecular weight excluding hydrogens is 238 g/mol. The molecular formula is C16H27NO2. The number of benzene rings is 1. The minimum atomic E-state index is -0.466. The number of ether oxygens (including phenoxy) is 1. The molecule has 1 unspecified atom stereocenters. The molecule has 1 aromatic rings. The van der Waals surface area contributed by atoms with Crippen LogP contribution in [-0.4, -0.2) is 35.7 Å². The average molecular weight is 265 g/mol. The number of rotatable bonds is 7. The fourth-order valence-corrected chi connectivity index (χ4v) is 1.83. The van der Waals surface area contributed by atoms with Crippen molar-refractivity contribution in [1.82, 2.24) is 4.90 Å². The van der Waals surface area contributed by atoms with Crippen LogP contribution in [0.25, 0.3) is 0 Å². The monoisotopic (exact) mass is 265 g/mol. The Balaban J connectivity index is 2.65. The van der Waals surface area contributed by atoms with E-state index in [4.69, 9.17) is 4.74 Å². The van der Waals surface area contributed by atoms with Crippen LogP contribution in [0.3, 0.4) is 0 Å². The Bertz CT molecular complexity index is 373. The zero-order valence-corrected chi connectivity index (χ0v) is 12.8. The predicted octanol–water partition coefficient (Wildman–Crippen LogP) is 3.24. The fraction of sp³-hybridized carbons (Fsp3) is 0.625. The molecule has 1 rings (SSSR count). The van der Waals surface area contributed by atoms with E-state index in [1.807, 2.05) is 31.2 Å². The predicted molar refractivity (Wildman–Crippen MR) is 79.6 cm³/mol. The topological polar surface area (TPSA) is 32.7 Å². The summed E-state index contributed by atoms with van der Waals surface area (Å²) in [6.07, 6.45) is 0.589. The van der Waals surface area contributed by atoms with Gasteiger partial charge in [-0.05, 0) is 51.9 Å². The molecule has 108 valence electrons. The van der Waals surface area contributed by atoms with Gasteiger partial charge in [0.2, 0.25) is 0 Å². The third-order valence-corrected chi connectivity index (χ3v) is 3.92. The summed E-state index contributed by atoms with van der Waals surface area (Å²) in [6.45, 7) is 9.81. The number of nitrogens with zero attached hydrogens (tertiary/aromatic N) is 1. The van der Waals surface area contributed by atoms with Crippen molar-refractivity contribution in [3.05, 3.63) is 29.8 Å². The fourth-order valence-electron chi connectivity index (χ4n) is 1.83. The van der Waals surface area contributed by atoms with E-state index in [9.17, 15) is 5.11 Å². The quantitative estimate of drug-likeness (QED) is 0.821. The zero-order valence-electron chi connectivity index (χ0n) is 12.8. The summed E-state index contributed by atoms with van der Waals surface area (Å²) in [5.74, 6) is 0.848. The van der Waals surface area contributed by atoms with Crippen LogP contribution < -0.4 is 4.74 Å². The number of likely N-dealkylation sites (N-methyl/N-ethyl adjacent to an activating group) is 1. The van der Waals surface area contributed by atoms with E-state index >= 15 is 0 Å². The Kier molecular flexibility index (Phi) is 5.83. The van der Waals surface area contributed by atoms with Gasteiger partial charge in [-0.2, -0.15) is 0 Å². The Labute approximate surface area is 117 Å². The van der Waals surface area contributed by atoms with E-state index in [2.05, 4.69) is 32.7 Å². The smallest absolute Gasteiger partial charge is 0.119 e. The molecule has 0 bridgehead atoms. The highest BCUT2D eigenvalue weighted by Gasteiger charge is 2.23. The third kappa shape index (κ3) is 4.51. The molecule has 0 spiro atoms. The molecule has 0 aromatic heterocycles. The molecule has 0 heterocycles. The molecule has 1 atom stereocenters. The molecule has 0 fully saturated rings. The highest BCUT2D eigenvalue weighted by Crippen LogP contribution is 2.22. The van der Waals surface area contributed by atoms with Gasteiger partial charge >= 0.3 is 0 Å². The van der Waals surface area contributed by atoms with Crippen LogP contribution in [0.4, 0.5) is 0 Å². The number of β-amino-alcohol motifs (C(OH)–C–C–N with tert-alkyl or cyclic N) is 1. The van der Waals surface area contributed by atoms with Crippen LogP contribution in [0.1, 0.15) is 45.8 Å². The highest BCUT2D eigenvalue weighted by molar-refractivity contribution is 5.28. The summed E-state index contributed by atoms with van der Waals surface area (Å²) >= 11 is 0. The lowest BCUT2D eigenvalue weighted by Crippen LogP contribution is -2.42. The summed E-state index contributed by atoms with van der Waals surface area (Å²) in [4.78, 5) is 2.20. The van der Waals surface area contributed by atoms with Gasteiger partial charge < -0.3 is 9.84 Å². The van der Waals surface area contributed by atoms with Crippen molar-refractivity contribution in [2.24, 2.45) is 0 Å². The van der Waals surface area contributed by atoms with Gasteiger partial charge in [0.15, 0.2) is 0 Å². The van der Waals surface area contributed by atoms with Crippen LogP contribution in [0, 0.1) is 0 Å². The van der Waals surface area contributed by atoms with Gasteiger partial charge in [-0.25, -0.2) is 0 Å². The molecule has 0 saturated carbocycles. The van der Waals surface area contributed by atoms with E-state index in [1.54, 1.807) is 0 Å². The minimum Gasteiger partial charge on any atom is -0.494 e. The van der Waals surface area contributed by atoms with Crippen molar-refractivity contribution < 1.29 is 9.84 Å². The zero-order chi connectivity index (χ0) is 14.5. The van der Waals surface area contributed by atoms with Crippen LogP contribution in [0.15, 0.2) is 24.3 Å². The van der Waals surface area contributed by atoms with Crippen molar-refractivity contribution in [3.8, 4) is 5.75 Å². The summed E-state index contributed by atoms with van der Waals surface area (Å²) in [7, 11) is 2.06. The van der Waals surface area contributed by atoms with Crippen molar-refractivity contribution >= 4 is 0 Å². The van der Waals surface area contributed by atoms with Crippen molar-refractivity contribution in [2.45, 2.75) is 45.8 Å². The summed E-state index contributed by atoms with van der Waals surface area (Å²) in [5.41, 5.74) is 1.04. The first-order valence-electron chi connectivity index (χ1n) is 7.02. The largest absolute Gasteiger partial charge is 0.494 e. The summed E-state index contributed by atoms with van der Waals surface area (Å²) in [5, 5.41) is 10.3. The van der Waals surface area contributed by atoms with Crippen LogP contribution in [-0.2, 0) is 0 Å². The van der Waals surface area contributed by atoms with E-state index in [0.29, 0.717) is 13.2 Å². The first-order valence-corrected chi connectivity index (χ1v) is 7.02. The molecule has 0 amide bonds. The van der Waals surface area contributed by atoms with E-state index in [0.717, 1.165) is 17.7 Å². The first-order chi connectivity index (χ1) is 8.90. The molecule has 19 heavy (non-hydrogen) atoms. The lowest BCUT2D eigenvalue weighted by atomic mass is 9.98. The highest BCUT2D eigenvalue weighted by atomic mass is 16.5. The standard InChI is InChI=1S/C16H27NO2/c1-6-16(3,4)17(5)12-15(18)13-8-10-14(11-9-13)19-7-2/h8-11,15,18H,6-7,12H2,1-5H3. The van der Waals surface area contributed by atoms with Crippen LogP contribution in [0.5, 0.6) is 5.75 Å². The Morgan fingerprint density at radius 1 is 1.21 bits per heavy atom. The lowest BCUT2D eigenvalue weighted by Gasteiger charge is -2.36. The number of aliphatic hydroxyl groups excluding tert-OH is 1. The molecule has 3 heteroatoms. The molecule has 1 aromatic carbocycles. The first kappa shape index (κ1) is 16.0. The maximum absolute atomic E-state index is 10.3. The average Bonchev–Trinajstić information content (AvgIpc) is 2.39. The molecule has 0 aliphatic rings. The molecule has 0 aliphatic carbocycles. The summed E-state index contributed by atoms with van der Waals surface area (Å²) in [6, 6.07) is 7.69. The number of hydrogen-bond donors (Lipinski definition) is 1. The van der Waals surface area contributed by atoms with Gasteiger partial charge in [-0.3, -0.25) is 4.90 Å². The molecule has 0 saturated heterocycles. The van der Waals surface area contributed by atoms with Crippen molar-refractivity contribution in [2.75, 3.05) is 20.2 Å².